The molecule has 5 rings (SSSR count). The molecule has 0 aromatic heterocycles. The zero-order valence-electron chi connectivity index (χ0n) is 23.4. The normalized spacial score (nSPS) is 16.6. The first kappa shape index (κ1) is 29.2. The molecule has 1 amide bonds. The molecule has 1 N–H and O–H groups in total. The Balaban J connectivity index is 1.24. The van der Waals surface area contributed by atoms with Gasteiger partial charge in [0.1, 0.15) is 24.3 Å². The smallest absolute Gasteiger partial charge is 0.348 e. The Bertz CT molecular complexity index is 1580. The van der Waals surface area contributed by atoms with Crippen molar-refractivity contribution < 1.29 is 33.7 Å². The molecule has 1 aliphatic heterocycles. The molecular formula is C33H31NO7S. The minimum Gasteiger partial charge on any atom is -0.492 e. The van der Waals surface area contributed by atoms with E-state index < -0.39 is 12.2 Å². The first-order valence-corrected chi connectivity index (χ1v) is 14.5. The summed E-state index contributed by atoms with van der Waals surface area (Å²) in [6.45, 7) is 7.76. The molecule has 2 atom stereocenters. The molecule has 3 aromatic carbocycles. The lowest BCUT2D eigenvalue weighted by atomic mass is 9.98. The molecule has 0 radical (unpaired) electrons. The fraction of sp³-hybridized carbons (Fsp3) is 0.242. The molecule has 3 aromatic rings. The predicted octanol–water partition coefficient (Wildman–Crippen LogP) is 5.47. The zero-order chi connectivity index (χ0) is 29.8. The highest BCUT2D eigenvalue weighted by Gasteiger charge is 2.28. The summed E-state index contributed by atoms with van der Waals surface area (Å²) in [5, 5.41) is 9.80. The van der Waals surface area contributed by atoms with Crippen LogP contribution >= 0.6 is 11.8 Å². The molecule has 9 heteroatoms. The van der Waals surface area contributed by atoms with E-state index in [4.69, 9.17) is 14.2 Å². The number of benzene rings is 3. The maximum Gasteiger partial charge on any atom is 0.348 e. The molecule has 0 spiro atoms. The first-order valence-electron chi connectivity index (χ1n) is 13.6. The van der Waals surface area contributed by atoms with Crippen molar-refractivity contribution in [1.29, 1.82) is 0 Å². The number of hydrogen-bond acceptors (Lipinski definition) is 8. The molecule has 0 saturated carbocycles. The summed E-state index contributed by atoms with van der Waals surface area (Å²) in [4.78, 5) is 38.8. The Labute approximate surface area is 248 Å². The lowest BCUT2D eigenvalue weighted by Crippen LogP contribution is -2.36. The summed E-state index contributed by atoms with van der Waals surface area (Å²) in [6.07, 6.45) is 3.64. The van der Waals surface area contributed by atoms with Crippen LogP contribution in [0.3, 0.4) is 0 Å². The van der Waals surface area contributed by atoms with E-state index >= 15 is 0 Å². The second kappa shape index (κ2) is 12.7. The monoisotopic (exact) mass is 585 g/mol. The van der Waals surface area contributed by atoms with Crippen LogP contribution in [0.25, 0.3) is 11.1 Å². The third-order valence-electron chi connectivity index (χ3n) is 7.33. The molecule has 8 nitrogen and oxygen atoms in total. The number of thioether (sulfide) groups is 1. The van der Waals surface area contributed by atoms with E-state index in [9.17, 15) is 19.5 Å². The average molecular weight is 586 g/mol. The minimum absolute atomic E-state index is 0.0663. The van der Waals surface area contributed by atoms with E-state index in [2.05, 4.69) is 13.5 Å². The quantitative estimate of drug-likeness (QED) is 0.180. The molecular weight excluding hydrogens is 554 g/mol. The number of nitrogens with zero attached hydrogens (tertiary/aromatic N) is 1. The van der Waals surface area contributed by atoms with E-state index in [1.165, 1.54) is 17.1 Å². The molecule has 0 fully saturated rings. The third-order valence-corrected chi connectivity index (χ3v) is 8.24. The van der Waals surface area contributed by atoms with Gasteiger partial charge in [-0.25, -0.2) is 4.79 Å². The van der Waals surface area contributed by atoms with Gasteiger partial charge in [-0.15, -0.1) is 0 Å². The number of carbonyl (C=O) groups is 3. The number of aliphatic hydroxyl groups excluding tert-OH is 1. The molecule has 0 bridgehead atoms. The van der Waals surface area contributed by atoms with Crippen LogP contribution in [0.1, 0.15) is 46.8 Å². The number of amides is 1. The largest absolute Gasteiger partial charge is 0.492 e. The molecule has 1 aliphatic carbocycles. The Morgan fingerprint density at radius 2 is 1.81 bits per heavy atom. The van der Waals surface area contributed by atoms with Gasteiger partial charge in [-0.3, -0.25) is 9.59 Å². The SMILES string of the molecule is C=COC(=O)COc1ccc(SC(=O)c2ccc3c(c2)C(C)c2cc(OCCN4C(=O)C=CC4O)ccc2-3)cc1CC. The highest BCUT2D eigenvalue weighted by molar-refractivity contribution is 8.14. The number of aryl methyl sites for hydroxylation is 1. The summed E-state index contributed by atoms with van der Waals surface area (Å²) in [5.74, 6) is 0.560. The number of aliphatic hydroxyl groups is 1. The number of esters is 1. The van der Waals surface area contributed by atoms with Crippen LogP contribution in [-0.2, 0) is 20.7 Å². The van der Waals surface area contributed by atoms with Crippen LogP contribution in [-0.4, -0.2) is 53.0 Å². The summed E-state index contributed by atoms with van der Waals surface area (Å²) in [6, 6.07) is 17.2. The van der Waals surface area contributed by atoms with Crippen LogP contribution in [0.4, 0.5) is 0 Å². The summed E-state index contributed by atoms with van der Waals surface area (Å²) in [5.41, 5.74) is 5.88. The first-order chi connectivity index (χ1) is 20.3. The molecule has 1 heterocycles. The maximum atomic E-state index is 13.3. The van der Waals surface area contributed by atoms with Crippen LogP contribution in [0, 0.1) is 0 Å². The average Bonchev–Trinajstić information content (AvgIpc) is 3.46. The van der Waals surface area contributed by atoms with Crippen molar-refractivity contribution in [3.8, 4) is 22.6 Å². The van der Waals surface area contributed by atoms with Crippen molar-refractivity contribution in [2.75, 3.05) is 19.8 Å². The predicted molar refractivity (Wildman–Crippen MR) is 160 cm³/mol. The van der Waals surface area contributed by atoms with Crippen molar-refractivity contribution in [3.05, 3.63) is 102 Å². The fourth-order valence-corrected chi connectivity index (χ4v) is 5.96. The maximum absolute atomic E-state index is 13.3. The van der Waals surface area contributed by atoms with Crippen LogP contribution in [0.15, 0.2) is 84.5 Å². The van der Waals surface area contributed by atoms with Gasteiger partial charge in [0, 0.05) is 22.5 Å². The fourth-order valence-electron chi connectivity index (χ4n) is 5.16. The summed E-state index contributed by atoms with van der Waals surface area (Å²) >= 11 is 1.15. The van der Waals surface area contributed by atoms with E-state index in [0.29, 0.717) is 23.5 Å². The van der Waals surface area contributed by atoms with Crippen LogP contribution in [0.5, 0.6) is 11.5 Å². The zero-order valence-corrected chi connectivity index (χ0v) is 24.2. The second-order valence-electron chi connectivity index (χ2n) is 9.88. The highest BCUT2D eigenvalue weighted by atomic mass is 32.2. The van der Waals surface area contributed by atoms with Crippen LogP contribution in [0.2, 0.25) is 0 Å². The van der Waals surface area contributed by atoms with Crippen molar-refractivity contribution in [1.82, 2.24) is 4.90 Å². The van der Waals surface area contributed by atoms with Gasteiger partial charge in [-0.2, -0.15) is 0 Å². The molecule has 0 saturated heterocycles. The molecule has 216 valence electrons. The van der Waals surface area contributed by atoms with Gasteiger partial charge in [0.2, 0.25) is 11.0 Å². The number of hydrogen-bond donors (Lipinski definition) is 1. The third kappa shape index (κ3) is 6.12. The highest BCUT2D eigenvalue weighted by Crippen LogP contribution is 2.46. The molecule has 42 heavy (non-hydrogen) atoms. The van der Waals surface area contributed by atoms with E-state index in [1.807, 2.05) is 49.4 Å². The standard InChI is InChI=1S/C33H31NO7S/c1-4-21-16-24(8-11-29(21)41-19-32(37)39-5-2)42-33(38)22-6-9-25-26-10-7-23(18-28(26)20(3)27(25)17-22)40-15-14-34-30(35)12-13-31(34)36/h5-13,16-18,20,30,35H,2,4,14-15,19H2,1,3H3. The Hall–Kier alpha value is -4.34. The van der Waals surface area contributed by atoms with Crippen molar-refractivity contribution in [2.24, 2.45) is 0 Å². The lowest BCUT2D eigenvalue weighted by Gasteiger charge is -2.20. The van der Waals surface area contributed by atoms with Gasteiger partial charge in [0.15, 0.2) is 6.61 Å². The Morgan fingerprint density at radius 3 is 2.52 bits per heavy atom. The van der Waals surface area contributed by atoms with Gasteiger partial charge < -0.3 is 24.2 Å². The van der Waals surface area contributed by atoms with Crippen molar-refractivity contribution in [2.45, 2.75) is 37.3 Å². The van der Waals surface area contributed by atoms with Gasteiger partial charge in [-0.05, 0) is 94.5 Å². The summed E-state index contributed by atoms with van der Waals surface area (Å²) in [7, 11) is 0. The Kier molecular flexibility index (Phi) is 8.80. The van der Waals surface area contributed by atoms with Gasteiger partial charge in [-0.1, -0.05) is 32.6 Å². The van der Waals surface area contributed by atoms with Gasteiger partial charge >= 0.3 is 5.97 Å². The number of fused-ring (bicyclic) bond motifs is 3. The van der Waals surface area contributed by atoms with Gasteiger partial charge in [0.05, 0.1) is 12.8 Å². The molecule has 2 unspecified atom stereocenters. The van der Waals surface area contributed by atoms with Gasteiger partial charge in [0.25, 0.3) is 0 Å². The number of rotatable bonds is 11. The lowest BCUT2D eigenvalue weighted by molar-refractivity contribution is -0.140. The number of ether oxygens (including phenoxy) is 3. The second-order valence-corrected chi connectivity index (χ2v) is 10.9. The Morgan fingerprint density at radius 1 is 1.05 bits per heavy atom. The topological polar surface area (TPSA) is 102 Å². The minimum atomic E-state index is -0.910. The molecule has 2 aliphatic rings. The number of carbonyl (C=O) groups excluding carboxylic acids is 3. The van der Waals surface area contributed by atoms with Crippen molar-refractivity contribution in [3.63, 3.8) is 0 Å². The van der Waals surface area contributed by atoms with Crippen molar-refractivity contribution >= 4 is 28.8 Å². The van der Waals surface area contributed by atoms with E-state index in [0.717, 1.165) is 50.7 Å². The van der Waals surface area contributed by atoms with E-state index in [1.54, 1.807) is 12.1 Å². The van der Waals surface area contributed by atoms with E-state index in [-0.39, 0.29) is 36.7 Å². The van der Waals surface area contributed by atoms with Crippen LogP contribution < -0.4 is 9.47 Å². The summed E-state index contributed by atoms with van der Waals surface area (Å²) < 4.78 is 16.2.